The Hall–Kier alpha value is -3.08. The van der Waals surface area contributed by atoms with E-state index in [4.69, 9.17) is 4.74 Å². The first-order valence-corrected chi connectivity index (χ1v) is 7.13. The van der Waals surface area contributed by atoms with Crippen LogP contribution in [-0.4, -0.2) is 28.2 Å². The van der Waals surface area contributed by atoms with Gasteiger partial charge in [0.05, 0.1) is 11.1 Å². The number of carbonyl (C=O) groups excluding carboxylic acids is 1. The Morgan fingerprint density at radius 1 is 1.09 bits per heavy atom. The molecule has 0 atom stereocenters. The van der Waals surface area contributed by atoms with Gasteiger partial charge < -0.3 is 9.84 Å². The van der Waals surface area contributed by atoms with Gasteiger partial charge in [-0.15, -0.1) is 0 Å². The quantitative estimate of drug-likeness (QED) is 0.802. The van der Waals surface area contributed by atoms with Crippen molar-refractivity contribution in [1.29, 1.82) is 0 Å². The Balaban J connectivity index is 1.90. The number of ether oxygens (including phenoxy) is 1. The first-order chi connectivity index (χ1) is 11.1. The second kappa shape index (κ2) is 5.96. The van der Waals surface area contributed by atoms with Crippen LogP contribution < -0.4 is 4.74 Å². The third kappa shape index (κ3) is 2.81. The van der Waals surface area contributed by atoms with Crippen molar-refractivity contribution in [2.24, 2.45) is 0 Å². The molecule has 0 aliphatic carbocycles. The van der Waals surface area contributed by atoms with Gasteiger partial charge in [-0.2, -0.15) is 0 Å². The van der Waals surface area contributed by atoms with Crippen LogP contribution in [0.5, 0.6) is 5.75 Å². The molecule has 5 nitrogen and oxygen atoms in total. The zero-order valence-corrected chi connectivity index (χ0v) is 12.5. The summed E-state index contributed by atoms with van der Waals surface area (Å²) in [6, 6.07) is 14.3. The number of fused-ring (bicyclic) bond motifs is 1. The van der Waals surface area contributed by atoms with E-state index in [1.165, 1.54) is 10.8 Å². The molecule has 23 heavy (non-hydrogen) atoms. The molecule has 3 aromatic rings. The van der Waals surface area contributed by atoms with Gasteiger partial charge in [-0.3, -0.25) is 9.36 Å². The van der Waals surface area contributed by atoms with Crippen LogP contribution in [0.25, 0.3) is 10.9 Å². The van der Waals surface area contributed by atoms with Gasteiger partial charge in [-0.05, 0) is 24.6 Å². The summed E-state index contributed by atoms with van der Waals surface area (Å²) in [7, 11) is 0. The first-order valence-electron chi connectivity index (χ1n) is 7.13. The number of carbonyl (C=O) groups is 2. The number of carboxylic acid groups (broad SMARTS) is 1. The average Bonchev–Trinajstić information content (AvgIpc) is 2.94. The topological polar surface area (TPSA) is 68.5 Å². The fourth-order valence-corrected chi connectivity index (χ4v) is 2.48. The van der Waals surface area contributed by atoms with E-state index in [9.17, 15) is 14.7 Å². The molecule has 5 heteroatoms. The van der Waals surface area contributed by atoms with Crippen molar-refractivity contribution >= 4 is 22.8 Å². The van der Waals surface area contributed by atoms with Crippen LogP contribution >= 0.6 is 0 Å². The van der Waals surface area contributed by atoms with Crippen molar-refractivity contribution < 1.29 is 19.4 Å². The molecule has 1 N–H and O–H groups in total. The van der Waals surface area contributed by atoms with Crippen LogP contribution in [0, 0.1) is 6.92 Å². The predicted molar refractivity (Wildman–Crippen MR) is 86.2 cm³/mol. The summed E-state index contributed by atoms with van der Waals surface area (Å²) in [6.45, 7) is 1.73. The molecule has 0 saturated heterocycles. The highest BCUT2D eigenvalue weighted by Crippen LogP contribution is 2.22. The summed E-state index contributed by atoms with van der Waals surface area (Å²) >= 11 is 0. The number of benzene rings is 2. The maximum absolute atomic E-state index is 12.4. The van der Waals surface area contributed by atoms with Crippen LogP contribution in [0.3, 0.4) is 0 Å². The van der Waals surface area contributed by atoms with Crippen molar-refractivity contribution in [2.45, 2.75) is 6.92 Å². The summed E-state index contributed by atoms with van der Waals surface area (Å²) in [5.74, 6) is -0.750. The summed E-state index contributed by atoms with van der Waals surface area (Å²) in [5.41, 5.74) is 1.59. The minimum Gasteiger partial charge on any atom is -0.483 e. The molecule has 116 valence electrons. The highest BCUT2D eigenvalue weighted by atomic mass is 16.5. The molecular formula is C18H15NO4. The van der Waals surface area contributed by atoms with Crippen LogP contribution in [0.2, 0.25) is 0 Å². The standard InChI is InChI=1S/C18H15NO4/c1-12-6-2-5-9-16(12)23-11-17(20)19-10-14(18(21)22)13-7-3-4-8-15(13)19/h2-10H,11H2,1H3,(H,21,22). The highest BCUT2D eigenvalue weighted by Gasteiger charge is 2.17. The molecule has 0 aliphatic heterocycles. The van der Waals surface area contributed by atoms with Crippen LogP contribution in [0.4, 0.5) is 0 Å². The maximum Gasteiger partial charge on any atom is 0.337 e. The molecule has 0 radical (unpaired) electrons. The van der Waals surface area contributed by atoms with Crippen LogP contribution in [-0.2, 0) is 0 Å². The zero-order chi connectivity index (χ0) is 16.4. The van der Waals surface area contributed by atoms with E-state index in [2.05, 4.69) is 0 Å². The van der Waals surface area contributed by atoms with Crippen molar-refractivity contribution in [3.63, 3.8) is 0 Å². The number of aromatic nitrogens is 1. The first kappa shape index (κ1) is 14.8. The lowest BCUT2D eigenvalue weighted by atomic mass is 10.2. The number of aromatic carboxylic acids is 1. The normalized spacial score (nSPS) is 10.7. The predicted octanol–water partition coefficient (Wildman–Crippen LogP) is 3.37. The maximum atomic E-state index is 12.4. The molecule has 1 heterocycles. The Kier molecular flexibility index (Phi) is 3.85. The number of hydrogen-bond donors (Lipinski definition) is 1. The molecule has 0 bridgehead atoms. The van der Waals surface area contributed by atoms with Crippen LogP contribution in [0.15, 0.2) is 54.7 Å². The Labute approximate surface area is 132 Å². The lowest BCUT2D eigenvalue weighted by Crippen LogP contribution is -2.18. The number of carboxylic acids is 1. The fraction of sp³-hybridized carbons (Fsp3) is 0.111. The van der Waals surface area contributed by atoms with Crippen molar-refractivity contribution in [3.8, 4) is 5.75 Å². The molecule has 2 aromatic carbocycles. The van der Waals surface area contributed by atoms with Crippen molar-refractivity contribution in [3.05, 3.63) is 65.9 Å². The molecule has 0 fully saturated rings. The third-order valence-electron chi connectivity index (χ3n) is 3.66. The highest BCUT2D eigenvalue weighted by molar-refractivity contribution is 6.06. The molecule has 0 spiro atoms. The second-order valence-electron chi connectivity index (χ2n) is 5.18. The van der Waals surface area contributed by atoms with E-state index in [1.54, 1.807) is 30.3 Å². The molecule has 0 saturated carbocycles. The van der Waals surface area contributed by atoms with E-state index in [-0.39, 0.29) is 18.1 Å². The van der Waals surface area contributed by atoms with Crippen LogP contribution in [0.1, 0.15) is 20.7 Å². The lowest BCUT2D eigenvalue weighted by Gasteiger charge is -2.09. The van der Waals surface area contributed by atoms with Gasteiger partial charge in [0, 0.05) is 11.6 Å². The van der Waals surface area contributed by atoms with Gasteiger partial charge >= 0.3 is 5.97 Å². The van der Waals surface area contributed by atoms with Gasteiger partial charge in [-0.1, -0.05) is 36.4 Å². The smallest absolute Gasteiger partial charge is 0.337 e. The summed E-state index contributed by atoms with van der Waals surface area (Å²) in [5, 5.41) is 9.80. The Bertz CT molecular complexity index is 895. The summed E-state index contributed by atoms with van der Waals surface area (Å²) in [6.07, 6.45) is 1.34. The average molecular weight is 309 g/mol. The number of rotatable bonds is 4. The largest absolute Gasteiger partial charge is 0.483 e. The van der Waals surface area contributed by atoms with Crippen molar-refractivity contribution in [1.82, 2.24) is 4.57 Å². The fourth-order valence-electron chi connectivity index (χ4n) is 2.48. The lowest BCUT2D eigenvalue weighted by molar-refractivity contribution is 0.0699. The van der Waals surface area contributed by atoms with E-state index >= 15 is 0 Å². The second-order valence-corrected chi connectivity index (χ2v) is 5.18. The molecule has 0 aliphatic rings. The van der Waals surface area contributed by atoms with E-state index < -0.39 is 5.97 Å². The Morgan fingerprint density at radius 2 is 1.78 bits per heavy atom. The third-order valence-corrected chi connectivity index (χ3v) is 3.66. The summed E-state index contributed by atoms with van der Waals surface area (Å²) < 4.78 is 6.88. The van der Waals surface area contributed by atoms with Gasteiger partial charge in [0.25, 0.3) is 5.91 Å². The number of para-hydroxylation sites is 2. The summed E-state index contributed by atoms with van der Waals surface area (Å²) in [4.78, 5) is 23.7. The molecular weight excluding hydrogens is 294 g/mol. The van der Waals surface area contributed by atoms with Gasteiger partial charge in [0.1, 0.15) is 5.75 Å². The minimum atomic E-state index is -1.06. The molecule has 0 unspecified atom stereocenters. The van der Waals surface area contributed by atoms with Gasteiger partial charge in [0.2, 0.25) is 0 Å². The van der Waals surface area contributed by atoms with E-state index in [0.29, 0.717) is 16.7 Å². The van der Waals surface area contributed by atoms with E-state index in [1.807, 2.05) is 25.1 Å². The van der Waals surface area contributed by atoms with Gasteiger partial charge in [-0.25, -0.2) is 4.79 Å². The van der Waals surface area contributed by atoms with Crippen molar-refractivity contribution in [2.75, 3.05) is 6.61 Å². The van der Waals surface area contributed by atoms with Gasteiger partial charge in [0.15, 0.2) is 6.61 Å². The molecule has 0 amide bonds. The zero-order valence-electron chi connectivity index (χ0n) is 12.5. The number of hydrogen-bond acceptors (Lipinski definition) is 3. The van der Waals surface area contributed by atoms with E-state index in [0.717, 1.165) is 5.56 Å². The monoisotopic (exact) mass is 309 g/mol. The SMILES string of the molecule is Cc1ccccc1OCC(=O)n1cc(C(=O)O)c2ccccc21. The Morgan fingerprint density at radius 3 is 2.52 bits per heavy atom. The minimum absolute atomic E-state index is 0.102. The number of nitrogens with zero attached hydrogens (tertiary/aromatic N) is 1. The molecule has 3 rings (SSSR count). The number of aryl methyl sites for hydroxylation is 1. The molecule has 1 aromatic heterocycles.